The van der Waals surface area contributed by atoms with Gasteiger partial charge >= 0.3 is 6.09 Å². The molecule has 42 heavy (non-hydrogen) atoms. The SMILES string of the molecule is CN1CN=C(N2CCC(c3ccc4c(n3)NCCC4)CC2)C(F)=C1NC[C@H](NC(=O)OCc1ccccc1)C(=O)CO. The van der Waals surface area contributed by atoms with Gasteiger partial charge in [-0.2, -0.15) is 4.39 Å². The third kappa shape index (κ3) is 6.99. The molecule has 1 saturated heterocycles. The zero-order valence-electron chi connectivity index (χ0n) is 23.8. The zero-order chi connectivity index (χ0) is 29.5. The number of rotatable bonds is 9. The number of amides is 1. The molecular weight excluding hydrogens is 541 g/mol. The highest BCUT2D eigenvalue weighted by atomic mass is 19.1. The maximum atomic E-state index is 15.8. The van der Waals surface area contributed by atoms with Gasteiger partial charge in [-0.05, 0) is 42.9 Å². The quantitative estimate of drug-likeness (QED) is 0.354. The number of ether oxygens (including phenoxy) is 1. The summed E-state index contributed by atoms with van der Waals surface area (Å²) in [5.74, 6) is 0.571. The molecule has 2 aromatic rings. The molecule has 1 fully saturated rings. The molecule has 0 radical (unpaired) electrons. The van der Waals surface area contributed by atoms with Gasteiger partial charge in [0.15, 0.2) is 11.6 Å². The van der Waals surface area contributed by atoms with Crippen LogP contribution >= 0.6 is 0 Å². The van der Waals surface area contributed by atoms with E-state index < -0.39 is 30.4 Å². The standard InChI is InChI=1S/C30H38FN7O4/c1-37-19-34-29(38-14-11-21(12-15-38)23-10-9-22-8-5-13-32-27(22)35-23)26(31)28(37)33-16-24(25(40)17-39)36-30(41)42-18-20-6-3-2-4-7-20/h2-4,6-7,9-10,21,24,33,39H,5,8,11-19H2,1H3,(H,32,35)(H,36,41)/t24-/m0/s1. The number of aryl methyl sites for hydroxylation is 1. The van der Waals surface area contributed by atoms with Crippen LogP contribution in [0.4, 0.5) is 15.0 Å². The third-order valence-electron chi connectivity index (χ3n) is 7.87. The number of benzene rings is 1. The average Bonchev–Trinajstić information content (AvgIpc) is 3.03. The van der Waals surface area contributed by atoms with Gasteiger partial charge in [-0.15, -0.1) is 0 Å². The number of alkyl carbamates (subject to hydrolysis) is 1. The molecule has 1 amide bonds. The number of hydrogen-bond acceptors (Lipinski definition) is 10. The largest absolute Gasteiger partial charge is 0.445 e. The number of nitrogens with one attached hydrogen (secondary N) is 3. The van der Waals surface area contributed by atoms with Crippen molar-refractivity contribution in [3.05, 3.63) is 70.9 Å². The maximum absolute atomic E-state index is 15.8. The summed E-state index contributed by atoms with van der Waals surface area (Å²) in [6.07, 6.45) is 3.02. The Morgan fingerprint density at radius 3 is 2.74 bits per heavy atom. The molecular formula is C30H38FN7O4. The lowest BCUT2D eigenvalue weighted by molar-refractivity contribution is -0.123. The number of aliphatic imine (C=N–C) groups is 1. The van der Waals surface area contributed by atoms with Crippen LogP contribution in [-0.2, 0) is 22.6 Å². The van der Waals surface area contributed by atoms with Crippen LogP contribution in [0.3, 0.4) is 0 Å². The van der Waals surface area contributed by atoms with E-state index in [2.05, 4.69) is 33.1 Å². The number of carbonyl (C=O) groups excluding carboxylic acids is 2. The minimum absolute atomic E-state index is 0.0264. The molecule has 1 atom stereocenters. The van der Waals surface area contributed by atoms with Gasteiger partial charge in [0.05, 0.1) is 0 Å². The molecule has 1 aromatic carbocycles. The summed E-state index contributed by atoms with van der Waals surface area (Å²) in [5.41, 5.74) is 3.12. The Kier molecular flexibility index (Phi) is 9.52. The summed E-state index contributed by atoms with van der Waals surface area (Å²) >= 11 is 0. The van der Waals surface area contributed by atoms with Crippen LogP contribution in [0.25, 0.3) is 0 Å². The van der Waals surface area contributed by atoms with Crippen molar-refractivity contribution in [2.24, 2.45) is 4.99 Å². The Balaban J connectivity index is 1.18. The number of aromatic nitrogens is 1. The number of pyridine rings is 1. The average molecular weight is 580 g/mol. The highest BCUT2D eigenvalue weighted by molar-refractivity contribution is 5.97. The molecule has 3 aliphatic heterocycles. The molecule has 224 valence electrons. The molecule has 11 nitrogen and oxygen atoms in total. The fraction of sp³-hybridized carbons (Fsp3) is 0.467. The van der Waals surface area contributed by atoms with Gasteiger partial charge in [0, 0.05) is 44.8 Å². The minimum atomic E-state index is -1.12. The Hall–Kier alpha value is -4.19. The number of aliphatic hydroxyl groups is 1. The summed E-state index contributed by atoms with van der Waals surface area (Å²) < 4.78 is 21.0. The lowest BCUT2D eigenvalue weighted by Gasteiger charge is -2.37. The first-order valence-corrected chi connectivity index (χ1v) is 14.4. The fourth-order valence-corrected chi connectivity index (χ4v) is 5.46. The van der Waals surface area contributed by atoms with Crippen molar-refractivity contribution >= 4 is 23.5 Å². The molecule has 0 bridgehead atoms. The van der Waals surface area contributed by atoms with E-state index in [4.69, 9.17) is 9.72 Å². The molecule has 0 saturated carbocycles. The molecule has 1 aromatic heterocycles. The monoisotopic (exact) mass is 579 g/mol. The van der Waals surface area contributed by atoms with Crippen LogP contribution in [0, 0.1) is 0 Å². The van der Waals surface area contributed by atoms with Crippen LogP contribution in [0.2, 0.25) is 0 Å². The first kappa shape index (κ1) is 29.3. The highest BCUT2D eigenvalue weighted by Crippen LogP contribution is 2.31. The van der Waals surface area contributed by atoms with Crippen LogP contribution in [0.5, 0.6) is 0 Å². The smallest absolute Gasteiger partial charge is 0.408 e. The van der Waals surface area contributed by atoms with E-state index in [9.17, 15) is 14.7 Å². The lowest BCUT2D eigenvalue weighted by atomic mass is 9.92. The number of carbonyl (C=O) groups is 2. The van der Waals surface area contributed by atoms with E-state index in [0.29, 0.717) is 19.0 Å². The summed E-state index contributed by atoms with van der Waals surface area (Å²) in [7, 11) is 1.69. The number of anilines is 1. The van der Waals surface area contributed by atoms with E-state index in [-0.39, 0.29) is 31.5 Å². The van der Waals surface area contributed by atoms with E-state index in [1.165, 1.54) is 5.56 Å². The van der Waals surface area contributed by atoms with Crippen molar-refractivity contribution in [1.82, 2.24) is 25.4 Å². The van der Waals surface area contributed by atoms with Gasteiger partial charge < -0.3 is 35.6 Å². The van der Waals surface area contributed by atoms with Crippen molar-refractivity contribution < 1.29 is 23.8 Å². The molecule has 5 rings (SSSR count). The van der Waals surface area contributed by atoms with E-state index in [1.807, 2.05) is 35.2 Å². The van der Waals surface area contributed by atoms with E-state index >= 15 is 4.39 Å². The molecule has 12 heteroatoms. The van der Waals surface area contributed by atoms with Crippen LogP contribution < -0.4 is 16.0 Å². The summed E-state index contributed by atoms with van der Waals surface area (Å²) in [5, 5.41) is 18.3. The molecule has 3 aliphatic rings. The van der Waals surface area contributed by atoms with Crippen LogP contribution in [0.15, 0.2) is 59.1 Å². The number of Topliss-reactive ketones (excluding diaryl/α,β-unsaturated/α-hetero) is 1. The van der Waals surface area contributed by atoms with Crippen LogP contribution in [-0.4, -0.2) is 90.1 Å². The summed E-state index contributed by atoms with van der Waals surface area (Å²) in [4.78, 5) is 37.6. The zero-order valence-corrected chi connectivity index (χ0v) is 23.8. The Labute approximate surface area is 244 Å². The summed E-state index contributed by atoms with van der Waals surface area (Å²) in [6, 6.07) is 12.3. The first-order valence-electron chi connectivity index (χ1n) is 14.4. The second-order valence-electron chi connectivity index (χ2n) is 10.8. The molecule has 0 spiro atoms. The highest BCUT2D eigenvalue weighted by Gasteiger charge is 2.31. The predicted octanol–water partition coefficient (Wildman–Crippen LogP) is 2.51. The fourth-order valence-electron chi connectivity index (χ4n) is 5.46. The summed E-state index contributed by atoms with van der Waals surface area (Å²) in [6.45, 7) is 1.56. The predicted molar refractivity (Wildman–Crippen MR) is 156 cm³/mol. The number of ketones is 1. The van der Waals surface area contributed by atoms with Gasteiger partial charge in [-0.1, -0.05) is 36.4 Å². The van der Waals surface area contributed by atoms with E-state index in [0.717, 1.165) is 49.3 Å². The number of hydrogen-bond donors (Lipinski definition) is 4. The Morgan fingerprint density at radius 1 is 1.19 bits per heavy atom. The number of amidine groups is 1. The van der Waals surface area contributed by atoms with Crippen molar-refractivity contribution in [3.8, 4) is 0 Å². The molecule has 4 N–H and O–H groups in total. The normalized spacial score (nSPS) is 18.0. The number of aliphatic hydroxyl groups excluding tert-OH is 1. The Bertz CT molecular complexity index is 1330. The molecule has 0 aliphatic carbocycles. The number of halogens is 1. The minimum Gasteiger partial charge on any atom is -0.445 e. The second-order valence-corrected chi connectivity index (χ2v) is 10.8. The van der Waals surface area contributed by atoms with Gasteiger partial charge in [-0.25, -0.2) is 14.8 Å². The number of nitrogens with zero attached hydrogens (tertiary/aromatic N) is 4. The van der Waals surface area contributed by atoms with E-state index in [1.54, 1.807) is 11.9 Å². The van der Waals surface area contributed by atoms with Crippen molar-refractivity contribution in [2.75, 3.05) is 51.8 Å². The van der Waals surface area contributed by atoms with Gasteiger partial charge in [-0.3, -0.25) is 4.79 Å². The van der Waals surface area contributed by atoms with Gasteiger partial charge in [0.25, 0.3) is 0 Å². The van der Waals surface area contributed by atoms with Gasteiger partial charge in [0.1, 0.15) is 37.6 Å². The second kappa shape index (κ2) is 13.6. The van der Waals surface area contributed by atoms with Gasteiger partial charge in [0.2, 0.25) is 5.83 Å². The maximum Gasteiger partial charge on any atom is 0.408 e. The lowest BCUT2D eigenvalue weighted by Crippen LogP contribution is -2.50. The topological polar surface area (TPSA) is 131 Å². The van der Waals surface area contributed by atoms with Crippen molar-refractivity contribution in [2.45, 2.75) is 44.2 Å². The van der Waals surface area contributed by atoms with Crippen molar-refractivity contribution in [3.63, 3.8) is 0 Å². The third-order valence-corrected chi connectivity index (χ3v) is 7.87. The molecule has 0 unspecified atom stereocenters. The molecule has 4 heterocycles. The number of piperidine rings is 1. The van der Waals surface area contributed by atoms with Crippen LogP contribution in [0.1, 0.15) is 42.0 Å². The van der Waals surface area contributed by atoms with Crippen molar-refractivity contribution in [1.29, 1.82) is 0 Å². The first-order chi connectivity index (χ1) is 20.4. The Morgan fingerprint density at radius 2 is 1.98 bits per heavy atom. The number of fused-ring (bicyclic) bond motifs is 1. The number of likely N-dealkylation sites (tertiary alicyclic amines) is 1.